The summed E-state index contributed by atoms with van der Waals surface area (Å²) in [5, 5.41) is 0. The first kappa shape index (κ1) is 31.1. The number of rotatable bonds is 9. The van der Waals surface area contributed by atoms with Crippen LogP contribution in [0.3, 0.4) is 0 Å². The van der Waals surface area contributed by atoms with Crippen LogP contribution in [0.15, 0.2) is 146 Å². The van der Waals surface area contributed by atoms with Crippen molar-refractivity contribution in [1.82, 2.24) is 0 Å². The van der Waals surface area contributed by atoms with Gasteiger partial charge in [-0.25, -0.2) is 0 Å². The van der Waals surface area contributed by atoms with E-state index in [0.29, 0.717) is 17.2 Å². The minimum absolute atomic E-state index is 0. The number of benzene rings is 6. The van der Waals surface area contributed by atoms with E-state index in [9.17, 15) is 0 Å². The van der Waals surface area contributed by atoms with Gasteiger partial charge < -0.3 is 13.6 Å². The van der Waals surface area contributed by atoms with Crippen molar-refractivity contribution >= 4 is 8.60 Å². The van der Waals surface area contributed by atoms with Crippen molar-refractivity contribution in [1.29, 1.82) is 0 Å². The molecule has 44 heavy (non-hydrogen) atoms. The van der Waals surface area contributed by atoms with Gasteiger partial charge in [-0.2, -0.15) is 0 Å². The van der Waals surface area contributed by atoms with Crippen molar-refractivity contribution in [3.8, 4) is 50.6 Å². The third kappa shape index (κ3) is 7.40. The van der Waals surface area contributed by atoms with E-state index in [4.69, 9.17) is 13.6 Å². The molecule has 0 aromatic heterocycles. The topological polar surface area (TPSA) is 27.7 Å². The average molecular weight is 639 g/mol. The molecule has 0 saturated heterocycles. The summed E-state index contributed by atoms with van der Waals surface area (Å²) >= 11 is 0. The van der Waals surface area contributed by atoms with Gasteiger partial charge in [-0.1, -0.05) is 144 Å². The van der Waals surface area contributed by atoms with Gasteiger partial charge in [-0.15, -0.1) is 0 Å². The SMILES string of the molecule is Cc1ccc(-c2ccccc2OP(Oc2ccccc2-c2ccc(C)cc2)Oc2ccccc2-c2ccc(C)cc2)cc1.[Ni]. The average Bonchev–Trinajstić information content (AvgIpc) is 3.03. The molecular formula is C39H33NiO3P. The second-order valence-electron chi connectivity index (χ2n) is 10.6. The Morgan fingerprint density at radius 1 is 0.341 bits per heavy atom. The summed E-state index contributed by atoms with van der Waals surface area (Å²) in [6, 6.07) is 49.4. The first-order valence-corrected chi connectivity index (χ1v) is 15.5. The van der Waals surface area contributed by atoms with E-state index in [0.717, 1.165) is 33.4 Å². The van der Waals surface area contributed by atoms with Crippen LogP contribution in [0.1, 0.15) is 16.7 Å². The Morgan fingerprint density at radius 2 is 0.591 bits per heavy atom. The third-order valence-electron chi connectivity index (χ3n) is 7.27. The van der Waals surface area contributed by atoms with Gasteiger partial charge >= 0.3 is 8.60 Å². The maximum absolute atomic E-state index is 6.68. The maximum atomic E-state index is 6.68. The summed E-state index contributed by atoms with van der Waals surface area (Å²) in [6.45, 7) is 6.26. The van der Waals surface area contributed by atoms with Crippen molar-refractivity contribution in [2.45, 2.75) is 20.8 Å². The second kappa shape index (κ2) is 14.4. The Kier molecular flexibility index (Phi) is 10.2. The third-order valence-corrected chi connectivity index (χ3v) is 8.30. The number of hydrogen-bond donors (Lipinski definition) is 0. The van der Waals surface area contributed by atoms with Crippen LogP contribution in [0.25, 0.3) is 33.4 Å². The Morgan fingerprint density at radius 3 is 0.864 bits per heavy atom. The molecule has 6 aromatic carbocycles. The van der Waals surface area contributed by atoms with Crippen LogP contribution in [-0.2, 0) is 16.5 Å². The van der Waals surface area contributed by atoms with Crippen molar-refractivity contribution in [2.24, 2.45) is 0 Å². The normalized spacial score (nSPS) is 10.6. The fourth-order valence-corrected chi connectivity index (χ4v) is 5.92. The predicted molar refractivity (Wildman–Crippen MR) is 179 cm³/mol. The van der Waals surface area contributed by atoms with Crippen LogP contribution in [0.4, 0.5) is 0 Å². The molecule has 6 rings (SSSR count). The van der Waals surface area contributed by atoms with Gasteiger partial charge in [0.25, 0.3) is 0 Å². The van der Waals surface area contributed by atoms with Crippen molar-refractivity contribution in [3.63, 3.8) is 0 Å². The first-order valence-electron chi connectivity index (χ1n) is 14.4. The van der Waals surface area contributed by atoms with Crippen LogP contribution in [0.2, 0.25) is 0 Å². The minimum Gasteiger partial charge on any atom is -0.408 e. The molecule has 0 amide bonds. The molecule has 0 bridgehead atoms. The van der Waals surface area contributed by atoms with E-state index >= 15 is 0 Å². The van der Waals surface area contributed by atoms with E-state index in [1.165, 1.54) is 16.7 Å². The molecule has 0 heterocycles. The van der Waals surface area contributed by atoms with Gasteiger partial charge in [0.1, 0.15) is 17.2 Å². The summed E-state index contributed by atoms with van der Waals surface area (Å²) in [7, 11) is -1.93. The molecule has 5 heteroatoms. The summed E-state index contributed by atoms with van der Waals surface area (Å²) in [6.07, 6.45) is 0. The van der Waals surface area contributed by atoms with Gasteiger partial charge in [0.2, 0.25) is 0 Å². The monoisotopic (exact) mass is 638 g/mol. The summed E-state index contributed by atoms with van der Waals surface area (Å²) < 4.78 is 20.0. The summed E-state index contributed by atoms with van der Waals surface area (Å²) in [5.41, 5.74) is 9.73. The van der Waals surface area contributed by atoms with E-state index in [2.05, 4.69) is 112 Å². The first-order chi connectivity index (χ1) is 21.0. The molecule has 0 N–H and O–H groups in total. The quantitative estimate of drug-likeness (QED) is 0.116. The molecule has 0 radical (unpaired) electrons. The zero-order chi connectivity index (χ0) is 29.6. The van der Waals surface area contributed by atoms with E-state index in [1.54, 1.807) is 0 Å². The van der Waals surface area contributed by atoms with Gasteiger partial charge in [-0.05, 0) is 55.7 Å². The molecule has 0 atom stereocenters. The molecule has 0 saturated carbocycles. The zero-order valence-corrected chi connectivity index (χ0v) is 26.7. The Hall–Kier alpha value is -4.36. The fourth-order valence-electron chi connectivity index (χ4n) is 4.85. The molecule has 3 nitrogen and oxygen atoms in total. The van der Waals surface area contributed by atoms with Crippen LogP contribution < -0.4 is 13.6 Å². The summed E-state index contributed by atoms with van der Waals surface area (Å²) in [4.78, 5) is 0. The Balaban J connectivity index is 0.00000384. The molecule has 0 aliphatic heterocycles. The largest absolute Gasteiger partial charge is 0.530 e. The van der Waals surface area contributed by atoms with Gasteiger partial charge in [0.05, 0.1) is 0 Å². The van der Waals surface area contributed by atoms with Crippen LogP contribution >= 0.6 is 8.60 Å². The van der Waals surface area contributed by atoms with Crippen molar-refractivity contribution in [2.75, 3.05) is 0 Å². The van der Waals surface area contributed by atoms with E-state index < -0.39 is 8.60 Å². The second-order valence-corrected chi connectivity index (χ2v) is 11.6. The van der Waals surface area contributed by atoms with Gasteiger partial charge in [-0.3, -0.25) is 0 Å². The van der Waals surface area contributed by atoms with Crippen LogP contribution in [0, 0.1) is 20.8 Å². The Labute approximate surface area is 271 Å². The zero-order valence-electron chi connectivity index (χ0n) is 24.8. The smallest absolute Gasteiger partial charge is 0.408 e. The minimum atomic E-state index is -1.93. The van der Waals surface area contributed by atoms with Crippen LogP contribution in [0.5, 0.6) is 17.2 Å². The number of aryl methyl sites for hydroxylation is 3. The molecule has 0 aliphatic carbocycles. The van der Waals surface area contributed by atoms with Crippen molar-refractivity contribution < 1.29 is 30.1 Å². The molecule has 222 valence electrons. The fraction of sp³-hybridized carbons (Fsp3) is 0.0769. The number of para-hydroxylation sites is 3. The molecular weight excluding hydrogens is 606 g/mol. The van der Waals surface area contributed by atoms with Gasteiger partial charge in [0.15, 0.2) is 0 Å². The molecule has 0 aliphatic rings. The maximum Gasteiger partial charge on any atom is 0.530 e. The van der Waals surface area contributed by atoms with Crippen molar-refractivity contribution in [3.05, 3.63) is 162 Å². The van der Waals surface area contributed by atoms with Gasteiger partial charge in [0, 0.05) is 33.2 Å². The standard InChI is InChI=1S/C39H33O3P.Ni/c1-28-16-22-31(23-17-28)34-10-4-7-13-37(34)40-43(41-38-14-8-5-11-35(38)32-24-18-29(2)19-25-32)42-39-15-9-6-12-36(39)33-26-20-30(3)21-27-33;/h4-27H,1-3H3;. The molecule has 0 fully saturated rings. The van der Waals surface area contributed by atoms with E-state index in [-0.39, 0.29) is 16.5 Å². The molecule has 6 aromatic rings. The molecule has 0 spiro atoms. The summed E-state index contributed by atoms with van der Waals surface area (Å²) in [5.74, 6) is 2.08. The van der Waals surface area contributed by atoms with E-state index in [1.807, 2.05) is 54.6 Å². The van der Waals surface area contributed by atoms with Crippen LogP contribution in [-0.4, -0.2) is 0 Å². The molecule has 0 unspecified atom stereocenters. The predicted octanol–water partition coefficient (Wildman–Crippen LogP) is 11.4. The number of hydrogen-bond acceptors (Lipinski definition) is 3. The Bertz CT molecular complexity index is 1600.